The van der Waals surface area contributed by atoms with Gasteiger partial charge in [-0.05, 0) is 36.2 Å². The number of nitrogen functional groups attached to an aromatic ring is 1. The summed E-state index contributed by atoms with van der Waals surface area (Å²) in [6.07, 6.45) is 1.76. The number of hydrogen-bond donors (Lipinski definition) is 1. The van der Waals surface area contributed by atoms with Gasteiger partial charge in [-0.1, -0.05) is 6.07 Å². The Hall–Kier alpha value is -2.23. The van der Waals surface area contributed by atoms with Crippen LogP contribution in [0.25, 0.3) is 11.1 Å². The first-order chi connectivity index (χ1) is 8.24. The Morgan fingerprint density at radius 3 is 2.76 bits per heavy atom. The molecule has 17 heavy (non-hydrogen) atoms. The molecule has 1 aromatic carbocycles. The van der Waals surface area contributed by atoms with Crippen LogP contribution in [0.1, 0.15) is 5.56 Å². The molecule has 4 heteroatoms. The van der Waals surface area contributed by atoms with Crippen molar-refractivity contribution in [3.63, 3.8) is 0 Å². The number of aryl methyl sites for hydroxylation is 1. The van der Waals surface area contributed by atoms with E-state index in [2.05, 4.69) is 4.98 Å². The van der Waals surface area contributed by atoms with E-state index in [0.29, 0.717) is 5.82 Å². The number of hydrogen-bond acceptors (Lipinski definition) is 4. The molecule has 4 nitrogen and oxygen atoms in total. The van der Waals surface area contributed by atoms with E-state index in [1.807, 2.05) is 31.2 Å². The molecule has 1 aromatic heterocycles. The maximum Gasteiger partial charge on any atom is 0.231 e. The summed E-state index contributed by atoms with van der Waals surface area (Å²) in [5.74, 6) is 2.13. The van der Waals surface area contributed by atoms with Crippen molar-refractivity contribution >= 4 is 5.82 Å². The molecule has 0 atom stereocenters. The number of aromatic nitrogens is 1. The van der Waals surface area contributed by atoms with E-state index < -0.39 is 0 Å². The van der Waals surface area contributed by atoms with E-state index in [1.54, 1.807) is 6.20 Å². The van der Waals surface area contributed by atoms with Gasteiger partial charge >= 0.3 is 0 Å². The molecule has 0 unspecified atom stereocenters. The lowest BCUT2D eigenvalue weighted by Crippen LogP contribution is -1.94. The SMILES string of the molecule is Cc1cc(-c2ccc3c(c2)OCO3)cnc1N. The zero-order valence-electron chi connectivity index (χ0n) is 9.43. The third kappa shape index (κ3) is 1.67. The molecular formula is C13H12N2O2. The van der Waals surface area contributed by atoms with Crippen molar-refractivity contribution in [2.75, 3.05) is 12.5 Å². The summed E-state index contributed by atoms with van der Waals surface area (Å²) in [6.45, 7) is 2.23. The molecule has 0 bridgehead atoms. The van der Waals surface area contributed by atoms with E-state index in [9.17, 15) is 0 Å². The number of ether oxygens (including phenoxy) is 2. The van der Waals surface area contributed by atoms with E-state index in [-0.39, 0.29) is 6.79 Å². The summed E-state index contributed by atoms with van der Waals surface area (Å²) >= 11 is 0. The largest absolute Gasteiger partial charge is 0.454 e. The van der Waals surface area contributed by atoms with Crippen molar-refractivity contribution in [3.8, 4) is 22.6 Å². The number of rotatable bonds is 1. The van der Waals surface area contributed by atoms with Crippen molar-refractivity contribution in [1.29, 1.82) is 0 Å². The number of nitrogens with zero attached hydrogens (tertiary/aromatic N) is 1. The Bertz CT molecular complexity index is 582. The molecular weight excluding hydrogens is 216 g/mol. The first-order valence-electron chi connectivity index (χ1n) is 5.36. The molecule has 0 amide bonds. The quantitative estimate of drug-likeness (QED) is 0.814. The Kier molecular flexibility index (Phi) is 2.14. The minimum absolute atomic E-state index is 0.289. The fourth-order valence-electron chi connectivity index (χ4n) is 1.82. The van der Waals surface area contributed by atoms with Gasteiger partial charge in [0, 0.05) is 11.8 Å². The molecule has 3 rings (SSSR count). The van der Waals surface area contributed by atoms with Gasteiger partial charge in [-0.2, -0.15) is 0 Å². The van der Waals surface area contributed by atoms with Crippen LogP contribution in [0.2, 0.25) is 0 Å². The molecule has 86 valence electrons. The van der Waals surface area contributed by atoms with Crippen molar-refractivity contribution in [1.82, 2.24) is 4.98 Å². The highest BCUT2D eigenvalue weighted by atomic mass is 16.7. The highest BCUT2D eigenvalue weighted by molar-refractivity contribution is 5.68. The normalized spacial score (nSPS) is 12.8. The van der Waals surface area contributed by atoms with Gasteiger partial charge < -0.3 is 15.2 Å². The van der Waals surface area contributed by atoms with Crippen LogP contribution in [0.5, 0.6) is 11.5 Å². The van der Waals surface area contributed by atoms with Gasteiger partial charge in [-0.25, -0.2) is 4.98 Å². The van der Waals surface area contributed by atoms with Crippen LogP contribution >= 0.6 is 0 Å². The third-order valence-electron chi connectivity index (χ3n) is 2.82. The summed E-state index contributed by atoms with van der Waals surface area (Å²) in [6, 6.07) is 7.86. The maximum absolute atomic E-state index is 5.70. The Morgan fingerprint density at radius 1 is 1.12 bits per heavy atom. The smallest absolute Gasteiger partial charge is 0.231 e. The van der Waals surface area contributed by atoms with Crippen LogP contribution in [-0.4, -0.2) is 11.8 Å². The zero-order chi connectivity index (χ0) is 11.8. The number of nitrogens with two attached hydrogens (primary N) is 1. The summed E-state index contributed by atoms with van der Waals surface area (Å²) in [7, 11) is 0. The Balaban J connectivity index is 2.06. The van der Waals surface area contributed by atoms with Gasteiger partial charge in [-0.3, -0.25) is 0 Å². The Morgan fingerprint density at radius 2 is 1.94 bits per heavy atom. The second kappa shape index (κ2) is 3.66. The van der Waals surface area contributed by atoms with Crippen molar-refractivity contribution in [3.05, 3.63) is 36.0 Å². The lowest BCUT2D eigenvalue weighted by Gasteiger charge is -2.05. The minimum Gasteiger partial charge on any atom is -0.454 e. The highest BCUT2D eigenvalue weighted by Gasteiger charge is 2.14. The molecule has 2 heterocycles. The molecule has 0 radical (unpaired) electrons. The predicted molar refractivity (Wildman–Crippen MR) is 64.9 cm³/mol. The molecule has 0 saturated carbocycles. The molecule has 2 aromatic rings. The van der Waals surface area contributed by atoms with Crippen LogP contribution in [-0.2, 0) is 0 Å². The number of fused-ring (bicyclic) bond motifs is 1. The van der Waals surface area contributed by atoms with Crippen molar-refractivity contribution < 1.29 is 9.47 Å². The second-order valence-electron chi connectivity index (χ2n) is 3.99. The van der Waals surface area contributed by atoms with Crippen molar-refractivity contribution in [2.24, 2.45) is 0 Å². The average Bonchev–Trinajstić information content (AvgIpc) is 2.79. The predicted octanol–water partition coefficient (Wildman–Crippen LogP) is 2.37. The van der Waals surface area contributed by atoms with Crippen LogP contribution in [0, 0.1) is 6.92 Å². The summed E-state index contributed by atoms with van der Waals surface area (Å²) in [4.78, 5) is 4.15. The number of pyridine rings is 1. The van der Waals surface area contributed by atoms with Gasteiger partial charge in [0.2, 0.25) is 6.79 Å². The summed E-state index contributed by atoms with van der Waals surface area (Å²) in [5, 5.41) is 0. The monoisotopic (exact) mass is 228 g/mol. The van der Waals surface area contributed by atoms with Crippen LogP contribution in [0.15, 0.2) is 30.5 Å². The molecule has 0 saturated heterocycles. The fourth-order valence-corrected chi connectivity index (χ4v) is 1.82. The minimum atomic E-state index is 0.289. The summed E-state index contributed by atoms with van der Waals surface area (Å²) in [5.41, 5.74) is 8.74. The van der Waals surface area contributed by atoms with E-state index in [0.717, 1.165) is 28.2 Å². The number of anilines is 1. The van der Waals surface area contributed by atoms with Gasteiger partial charge in [0.15, 0.2) is 11.5 Å². The Labute approximate surface area is 99.0 Å². The second-order valence-corrected chi connectivity index (χ2v) is 3.99. The zero-order valence-corrected chi connectivity index (χ0v) is 9.43. The molecule has 2 N–H and O–H groups in total. The van der Waals surface area contributed by atoms with Crippen LogP contribution in [0.3, 0.4) is 0 Å². The fraction of sp³-hybridized carbons (Fsp3) is 0.154. The topological polar surface area (TPSA) is 57.4 Å². The number of benzene rings is 1. The van der Waals surface area contributed by atoms with E-state index in [4.69, 9.17) is 15.2 Å². The maximum atomic E-state index is 5.70. The van der Waals surface area contributed by atoms with E-state index >= 15 is 0 Å². The molecule has 0 aliphatic carbocycles. The lowest BCUT2D eigenvalue weighted by atomic mass is 10.1. The average molecular weight is 228 g/mol. The first-order valence-corrected chi connectivity index (χ1v) is 5.36. The molecule has 1 aliphatic rings. The molecule has 0 fully saturated rings. The third-order valence-corrected chi connectivity index (χ3v) is 2.82. The lowest BCUT2D eigenvalue weighted by molar-refractivity contribution is 0.174. The van der Waals surface area contributed by atoms with Crippen LogP contribution in [0.4, 0.5) is 5.82 Å². The first kappa shape index (κ1) is 9.96. The van der Waals surface area contributed by atoms with Crippen LogP contribution < -0.4 is 15.2 Å². The molecule has 0 spiro atoms. The van der Waals surface area contributed by atoms with Gasteiger partial charge in [-0.15, -0.1) is 0 Å². The van der Waals surface area contributed by atoms with E-state index in [1.165, 1.54) is 0 Å². The molecule has 1 aliphatic heterocycles. The highest BCUT2D eigenvalue weighted by Crippen LogP contribution is 2.36. The van der Waals surface area contributed by atoms with Gasteiger partial charge in [0.1, 0.15) is 5.82 Å². The van der Waals surface area contributed by atoms with Crippen molar-refractivity contribution in [2.45, 2.75) is 6.92 Å². The standard InChI is InChI=1S/C13H12N2O2/c1-8-4-10(6-15-13(8)14)9-2-3-11-12(5-9)17-7-16-11/h2-6H,7H2,1H3,(H2,14,15). The summed E-state index contributed by atoms with van der Waals surface area (Å²) < 4.78 is 10.6. The van der Waals surface area contributed by atoms with Gasteiger partial charge in [0.05, 0.1) is 0 Å². The van der Waals surface area contributed by atoms with Gasteiger partial charge in [0.25, 0.3) is 0 Å².